The molecule has 7 heteroatoms. The van der Waals surface area contributed by atoms with Crippen molar-refractivity contribution in [2.75, 3.05) is 19.7 Å². The normalized spacial score (nSPS) is 15.9. The van der Waals surface area contributed by atoms with Gasteiger partial charge in [0.1, 0.15) is 11.6 Å². The van der Waals surface area contributed by atoms with E-state index in [9.17, 15) is 14.0 Å². The Labute approximate surface area is 176 Å². The van der Waals surface area contributed by atoms with Gasteiger partial charge in [-0.15, -0.1) is 0 Å². The van der Waals surface area contributed by atoms with Crippen LogP contribution in [0.5, 0.6) is 0 Å². The lowest BCUT2D eigenvalue weighted by atomic mass is 10.2. The van der Waals surface area contributed by atoms with Gasteiger partial charge in [0.05, 0.1) is 25.5 Å². The lowest BCUT2D eigenvalue weighted by Crippen LogP contribution is -2.45. The fourth-order valence-corrected chi connectivity index (χ4v) is 3.56. The van der Waals surface area contributed by atoms with Gasteiger partial charge in [0.15, 0.2) is 0 Å². The van der Waals surface area contributed by atoms with E-state index < -0.39 is 0 Å². The van der Waals surface area contributed by atoms with Crippen molar-refractivity contribution < 1.29 is 23.1 Å². The molecule has 3 rings (SSSR count). The zero-order valence-electron chi connectivity index (χ0n) is 17.4. The molecule has 1 saturated heterocycles. The van der Waals surface area contributed by atoms with Gasteiger partial charge in [-0.25, -0.2) is 4.39 Å². The van der Waals surface area contributed by atoms with Crippen LogP contribution in [0.4, 0.5) is 4.39 Å². The summed E-state index contributed by atoms with van der Waals surface area (Å²) in [6, 6.07) is 9.63. The van der Waals surface area contributed by atoms with Gasteiger partial charge in [-0.1, -0.05) is 19.1 Å². The molecule has 0 bridgehead atoms. The third-order valence-corrected chi connectivity index (χ3v) is 5.16. The predicted molar refractivity (Wildman–Crippen MR) is 110 cm³/mol. The minimum atomic E-state index is -0.324. The average Bonchev–Trinajstić information content (AvgIpc) is 3.43. The minimum Gasteiger partial charge on any atom is -0.467 e. The second-order valence-corrected chi connectivity index (χ2v) is 7.61. The van der Waals surface area contributed by atoms with Crippen LogP contribution >= 0.6 is 0 Å². The Balaban J connectivity index is 1.72. The molecule has 0 saturated carbocycles. The number of furan rings is 1. The summed E-state index contributed by atoms with van der Waals surface area (Å²) in [7, 11) is 0. The first-order valence-electron chi connectivity index (χ1n) is 10.5. The number of hydrogen-bond acceptors (Lipinski definition) is 4. The van der Waals surface area contributed by atoms with Gasteiger partial charge in [-0.05, 0) is 49.1 Å². The standard InChI is InChI=1S/C23H29FN2O4/c1-2-5-22(27)26(16-21-7-4-13-30-21)17-23(28)25(15-20-6-3-12-29-20)14-18-8-10-19(24)11-9-18/h3,6,8-12,21H,2,4-5,7,13-17H2,1H3. The summed E-state index contributed by atoms with van der Waals surface area (Å²) in [5.74, 6) is 0.103. The highest BCUT2D eigenvalue weighted by Crippen LogP contribution is 2.16. The largest absolute Gasteiger partial charge is 0.467 e. The number of hydrogen-bond donors (Lipinski definition) is 0. The van der Waals surface area contributed by atoms with Gasteiger partial charge in [-0.3, -0.25) is 9.59 Å². The molecule has 2 amide bonds. The van der Waals surface area contributed by atoms with E-state index in [0.29, 0.717) is 31.9 Å². The maximum Gasteiger partial charge on any atom is 0.242 e. The van der Waals surface area contributed by atoms with Crippen molar-refractivity contribution in [3.05, 3.63) is 59.8 Å². The summed E-state index contributed by atoms with van der Waals surface area (Å²) in [4.78, 5) is 29.1. The lowest BCUT2D eigenvalue weighted by molar-refractivity contribution is -0.142. The van der Waals surface area contributed by atoms with Crippen LogP contribution in [0.2, 0.25) is 0 Å². The first-order valence-corrected chi connectivity index (χ1v) is 10.5. The summed E-state index contributed by atoms with van der Waals surface area (Å²) in [5, 5.41) is 0. The number of rotatable bonds is 10. The van der Waals surface area contributed by atoms with Gasteiger partial charge < -0.3 is 19.0 Å². The van der Waals surface area contributed by atoms with Crippen LogP contribution in [-0.2, 0) is 27.4 Å². The van der Waals surface area contributed by atoms with Crippen LogP contribution < -0.4 is 0 Å². The summed E-state index contributed by atoms with van der Waals surface area (Å²) < 4.78 is 24.4. The van der Waals surface area contributed by atoms with Crippen LogP contribution in [0.3, 0.4) is 0 Å². The van der Waals surface area contributed by atoms with Crippen molar-refractivity contribution in [2.24, 2.45) is 0 Å². The maximum absolute atomic E-state index is 13.3. The molecule has 162 valence electrons. The first-order chi connectivity index (χ1) is 14.5. The maximum atomic E-state index is 13.3. The quantitative estimate of drug-likeness (QED) is 0.592. The van der Waals surface area contributed by atoms with E-state index in [0.717, 1.165) is 24.8 Å². The number of halogens is 1. The molecule has 0 aliphatic carbocycles. The van der Waals surface area contributed by atoms with Crippen molar-refractivity contribution in [3.8, 4) is 0 Å². The van der Waals surface area contributed by atoms with E-state index in [4.69, 9.17) is 9.15 Å². The minimum absolute atomic E-state index is 0.0133. The molecule has 1 aromatic heterocycles. The summed E-state index contributed by atoms with van der Waals surface area (Å²) in [6.45, 7) is 3.64. The van der Waals surface area contributed by atoms with Crippen molar-refractivity contribution in [1.82, 2.24) is 9.80 Å². The molecule has 30 heavy (non-hydrogen) atoms. The number of nitrogens with zero attached hydrogens (tertiary/aromatic N) is 2. The fraction of sp³-hybridized carbons (Fsp3) is 0.478. The highest BCUT2D eigenvalue weighted by Gasteiger charge is 2.26. The smallest absolute Gasteiger partial charge is 0.242 e. The molecule has 2 heterocycles. The molecular weight excluding hydrogens is 387 g/mol. The molecule has 0 radical (unpaired) electrons. The second-order valence-electron chi connectivity index (χ2n) is 7.61. The summed E-state index contributed by atoms with van der Waals surface area (Å²) in [5.41, 5.74) is 0.807. The van der Waals surface area contributed by atoms with E-state index in [1.54, 1.807) is 40.3 Å². The SMILES string of the molecule is CCCC(=O)N(CC(=O)N(Cc1ccc(F)cc1)Cc1ccco1)CC1CCCO1. The third kappa shape index (κ3) is 6.42. The monoisotopic (exact) mass is 416 g/mol. The number of carbonyl (C=O) groups is 2. The summed E-state index contributed by atoms with van der Waals surface area (Å²) in [6.07, 6.45) is 4.54. The number of amides is 2. The molecule has 0 spiro atoms. The molecule has 1 atom stereocenters. The fourth-order valence-electron chi connectivity index (χ4n) is 3.56. The van der Waals surface area contributed by atoms with E-state index in [-0.39, 0.29) is 36.8 Å². The van der Waals surface area contributed by atoms with Crippen molar-refractivity contribution >= 4 is 11.8 Å². The number of benzene rings is 1. The molecule has 1 aliphatic heterocycles. The Morgan fingerprint density at radius 3 is 2.53 bits per heavy atom. The topological polar surface area (TPSA) is 63.0 Å². The molecular formula is C23H29FN2O4. The molecule has 1 aliphatic rings. The average molecular weight is 416 g/mol. The predicted octanol–water partition coefficient (Wildman–Crippen LogP) is 3.76. The van der Waals surface area contributed by atoms with Crippen LogP contribution in [0.1, 0.15) is 43.9 Å². The zero-order chi connectivity index (χ0) is 21.3. The molecule has 1 unspecified atom stereocenters. The van der Waals surface area contributed by atoms with Gasteiger partial charge in [0, 0.05) is 26.1 Å². The Morgan fingerprint density at radius 1 is 1.10 bits per heavy atom. The Bertz CT molecular complexity index is 801. The van der Waals surface area contributed by atoms with Crippen molar-refractivity contribution in [2.45, 2.75) is 51.8 Å². The summed E-state index contributed by atoms with van der Waals surface area (Å²) >= 11 is 0. The van der Waals surface area contributed by atoms with Crippen molar-refractivity contribution in [1.29, 1.82) is 0 Å². The van der Waals surface area contributed by atoms with Crippen LogP contribution in [0, 0.1) is 5.82 Å². The lowest BCUT2D eigenvalue weighted by Gasteiger charge is -2.29. The highest BCUT2D eigenvalue weighted by molar-refractivity contribution is 5.84. The Kier molecular flexibility index (Phi) is 8.02. The Morgan fingerprint density at radius 2 is 1.90 bits per heavy atom. The molecule has 1 aromatic carbocycles. The van der Waals surface area contributed by atoms with Gasteiger partial charge in [-0.2, -0.15) is 0 Å². The molecule has 6 nitrogen and oxygen atoms in total. The second kappa shape index (κ2) is 10.9. The first kappa shape index (κ1) is 22.0. The van der Waals surface area contributed by atoms with Crippen LogP contribution in [-0.4, -0.2) is 47.4 Å². The van der Waals surface area contributed by atoms with E-state index >= 15 is 0 Å². The zero-order valence-corrected chi connectivity index (χ0v) is 17.4. The van der Waals surface area contributed by atoms with Crippen LogP contribution in [0.25, 0.3) is 0 Å². The molecule has 2 aromatic rings. The van der Waals surface area contributed by atoms with Gasteiger partial charge in [0.25, 0.3) is 0 Å². The third-order valence-electron chi connectivity index (χ3n) is 5.16. The van der Waals surface area contributed by atoms with E-state index in [2.05, 4.69) is 0 Å². The Hall–Kier alpha value is -2.67. The molecule has 1 fully saturated rings. The van der Waals surface area contributed by atoms with Gasteiger partial charge in [0.2, 0.25) is 11.8 Å². The molecule has 0 N–H and O–H groups in total. The highest BCUT2D eigenvalue weighted by atomic mass is 19.1. The van der Waals surface area contributed by atoms with E-state index in [1.165, 1.54) is 12.1 Å². The van der Waals surface area contributed by atoms with E-state index in [1.807, 2.05) is 6.92 Å². The number of ether oxygens (including phenoxy) is 1. The number of carbonyl (C=O) groups excluding carboxylic acids is 2. The van der Waals surface area contributed by atoms with Gasteiger partial charge >= 0.3 is 0 Å². The van der Waals surface area contributed by atoms with Crippen molar-refractivity contribution in [3.63, 3.8) is 0 Å². The van der Waals surface area contributed by atoms with Crippen LogP contribution in [0.15, 0.2) is 47.1 Å².